The molecule has 1 aromatic carbocycles. The van der Waals surface area contributed by atoms with E-state index in [1.165, 1.54) is 0 Å². The highest BCUT2D eigenvalue weighted by Crippen LogP contribution is 2.29. The summed E-state index contributed by atoms with van der Waals surface area (Å²) in [6.45, 7) is 12.1. The van der Waals surface area contributed by atoms with E-state index in [2.05, 4.69) is 19.2 Å². The van der Waals surface area contributed by atoms with Crippen molar-refractivity contribution in [2.24, 2.45) is 0 Å². The van der Waals surface area contributed by atoms with Crippen molar-refractivity contribution in [2.75, 3.05) is 7.11 Å². The molecule has 0 aliphatic heterocycles. The number of carbonyl (C=O) groups is 1. The average molecular weight is 263 g/mol. The number of aryl methyl sites for hydroxylation is 1. The van der Waals surface area contributed by atoms with E-state index in [9.17, 15) is 4.79 Å². The molecule has 19 heavy (non-hydrogen) atoms. The summed E-state index contributed by atoms with van der Waals surface area (Å²) in [5.41, 5.74) is 2.48. The lowest BCUT2D eigenvalue weighted by atomic mass is 9.95. The third kappa shape index (κ3) is 3.98. The maximum Gasteiger partial charge on any atom is 0.251 e. The lowest BCUT2D eigenvalue weighted by molar-refractivity contribution is 0.0919. The highest BCUT2D eigenvalue weighted by molar-refractivity contribution is 5.96. The monoisotopic (exact) mass is 263 g/mol. The summed E-state index contributed by atoms with van der Waals surface area (Å²) in [4.78, 5) is 12.3. The predicted molar refractivity (Wildman–Crippen MR) is 79.0 cm³/mol. The lowest BCUT2D eigenvalue weighted by Gasteiger charge is -2.22. The molecule has 0 saturated carbocycles. The minimum Gasteiger partial charge on any atom is -0.496 e. The SMILES string of the molecule is COc1cc(C)c(C(=O)NC(C)(C)C)cc1C(C)C. The lowest BCUT2D eigenvalue weighted by Crippen LogP contribution is -2.40. The molecule has 106 valence electrons. The molecule has 0 unspecified atom stereocenters. The van der Waals surface area contributed by atoms with Gasteiger partial charge in [0.15, 0.2) is 0 Å². The normalized spacial score (nSPS) is 11.6. The molecule has 0 spiro atoms. The highest BCUT2D eigenvalue weighted by atomic mass is 16.5. The number of hydrogen-bond acceptors (Lipinski definition) is 2. The molecule has 0 radical (unpaired) electrons. The molecule has 0 aliphatic rings. The molecule has 0 bridgehead atoms. The summed E-state index contributed by atoms with van der Waals surface area (Å²) >= 11 is 0. The third-order valence-corrected chi connectivity index (χ3v) is 2.93. The molecular formula is C16H25NO2. The van der Waals surface area contributed by atoms with E-state index in [1.54, 1.807) is 7.11 Å². The number of amides is 1. The van der Waals surface area contributed by atoms with E-state index in [0.717, 1.165) is 22.4 Å². The highest BCUT2D eigenvalue weighted by Gasteiger charge is 2.19. The van der Waals surface area contributed by atoms with Crippen LogP contribution in [0.15, 0.2) is 12.1 Å². The zero-order valence-corrected chi connectivity index (χ0v) is 13.0. The van der Waals surface area contributed by atoms with Crippen molar-refractivity contribution < 1.29 is 9.53 Å². The van der Waals surface area contributed by atoms with Gasteiger partial charge in [0.25, 0.3) is 5.91 Å². The number of nitrogens with one attached hydrogen (secondary N) is 1. The first-order chi connectivity index (χ1) is 8.65. The first-order valence-electron chi connectivity index (χ1n) is 6.66. The van der Waals surface area contributed by atoms with Gasteiger partial charge in [-0.3, -0.25) is 4.79 Å². The summed E-state index contributed by atoms with van der Waals surface area (Å²) in [6.07, 6.45) is 0. The Morgan fingerprint density at radius 3 is 2.26 bits per heavy atom. The maximum absolute atomic E-state index is 12.3. The molecule has 0 saturated heterocycles. The van der Waals surface area contributed by atoms with Gasteiger partial charge in [-0.2, -0.15) is 0 Å². The van der Waals surface area contributed by atoms with Crippen LogP contribution >= 0.6 is 0 Å². The smallest absolute Gasteiger partial charge is 0.251 e. The second-order valence-electron chi connectivity index (χ2n) is 6.27. The molecule has 0 fully saturated rings. The Morgan fingerprint density at radius 1 is 1.26 bits per heavy atom. The molecule has 3 nitrogen and oxygen atoms in total. The van der Waals surface area contributed by atoms with Gasteiger partial charge in [-0.25, -0.2) is 0 Å². The zero-order chi connectivity index (χ0) is 14.8. The van der Waals surface area contributed by atoms with Crippen molar-refractivity contribution in [3.8, 4) is 5.75 Å². The molecule has 0 aromatic heterocycles. The van der Waals surface area contributed by atoms with Crippen molar-refractivity contribution in [3.63, 3.8) is 0 Å². The minimum atomic E-state index is -0.235. The summed E-state index contributed by atoms with van der Waals surface area (Å²) < 4.78 is 5.39. The van der Waals surface area contributed by atoms with Gasteiger partial charge in [0, 0.05) is 11.1 Å². The summed E-state index contributed by atoms with van der Waals surface area (Å²) in [7, 11) is 1.66. The first kappa shape index (κ1) is 15.5. The molecule has 1 amide bonds. The van der Waals surface area contributed by atoms with Gasteiger partial charge in [-0.1, -0.05) is 13.8 Å². The second kappa shape index (κ2) is 5.64. The Hall–Kier alpha value is -1.51. The average Bonchev–Trinajstić information content (AvgIpc) is 2.25. The van der Waals surface area contributed by atoms with E-state index in [0.29, 0.717) is 5.92 Å². The first-order valence-corrected chi connectivity index (χ1v) is 6.66. The maximum atomic E-state index is 12.3. The van der Waals surface area contributed by atoms with E-state index < -0.39 is 0 Å². The molecular weight excluding hydrogens is 238 g/mol. The van der Waals surface area contributed by atoms with Crippen LogP contribution in [0.25, 0.3) is 0 Å². The van der Waals surface area contributed by atoms with Gasteiger partial charge < -0.3 is 10.1 Å². The number of rotatable bonds is 3. The molecule has 1 rings (SSSR count). The van der Waals surface area contributed by atoms with Crippen LogP contribution in [0.5, 0.6) is 5.75 Å². The van der Waals surface area contributed by atoms with Gasteiger partial charge >= 0.3 is 0 Å². The predicted octanol–water partition coefficient (Wildman–Crippen LogP) is 3.66. The van der Waals surface area contributed by atoms with Crippen LogP contribution in [0.3, 0.4) is 0 Å². The van der Waals surface area contributed by atoms with Crippen LogP contribution in [-0.4, -0.2) is 18.6 Å². The van der Waals surface area contributed by atoms with Gasteiger partial charge in [-0.15, -0.1) is 0 Å². The summed E-state index contributed by atoms with van der Waals surface area (Å²) in [5, 5.41) is 3.00. The number of carbonyl (C=O) groups excluding carboxylic acids is 1. The van der Waals surface area contributed by atoms with Crippen LogP contribution < -0.4 is 10.1 Å². The van der Waals surface area contributed by atoms with Crippen molar-refractivity contribution in [1.29, 1.82) is 0 Å². The Bertz CT molecular complexity index is 470. The number of hydrogen-bond donors (Lipinski definition) is 1. The number of ether oxygens (including phenoxy) is 1. The fourth-order valence-corrected chi connectivity index (χ4v) is 1.98. The van der Waals surface area contributed by atoms with E-state index in [4.69, 9.17) is 4.74 Å². The van der Waals surface area contributed by atoms with Crippen molar-refractivity contribution >= 4 is 5.91 Å². The summed E-state index contributed by atoms with van der Waals surface area (Å²) in [6, 6.07) is 3.88. The summed E-state index contributed by atoms with van der Waals surface area (Å²) in [5.74, 6) is 1.13. The molecule has 0 aliphatic carbocycles. The van der Waals surface area contributed by atoms with E-state index in [1.807, 2.05) is 39.8 Å². The molecule has 0 heterocycles. The van der Waals surface area contributed by atoms with Gasteiger partial charge in [0.2, 0.25) is 0 Å². The molecule has 1 N–H and O–H groups in total. The van der Waals surface area contributed by atoms with Crippen LogP contribution in [-0.2, 0) is 0 Å². The zero-order valence-electron chi connectivity index (χ0n) is 13.0. The van der Waals surface area contributed by atoms with E-state index in [-0.39, 0.29) is 11.4 Å². The number of methoxy groups -OCH3 is 1. The quantitative estimate of drug-likeness (QED) is 0.904. The Labute approximate surface area is 116 Å². The minimum absolute atomic E-state index is 0.0328. The third-order valence-electron chi connectivity index (χ3n) is 2.93. The Balaban J connectivity index is 3.22. The topological polar surface area (TPSA) is 38.3 Å². The number of benzene rings is 1. The van der Waals surface area contributed by atoms with Crippen LogP contribution in [0, 0.1) is 6.92 Å². The van der Waals surface area contributed by atoms with Crippen molar-refractivity contribution in [2.45, 2.75) is 53.0 Å². The van der Waals surface area contributed by atoms with Crippen LogP contribution in [0.2, 0.25) is 0 Å². The van der Waals surface area contributed by atoms with E-state index >= 15 is 0 Å². The Morgan fingerprint density at radius 2 is 1.84 bits per heavy atom. The van der Waals surface area contributed by atoms with Crippen LogP contribution in [0.4, 0.5) is 0 Å². The van der Waals surface area contributed by atoms with Crippen molar-refractivity contribution in [1.82, 2.24) is 5.32 Å². The molecule has 3 heteroatoms. The van der Waals surface area contributed by atoms with Gasteiger partial charge in [0.1, 0.15) is 5.75 Å². The van der Waals surface area contributed by atoms with Crippen LogP contribution in [0.1, 0.15) is 62.0 Å². The molecule has 0 atom stereocenters. The van der Waals surface area contributed by atoms with Crippen molar-refractivity contribution in [3.05, 3.63) is 28.8 Å². The second-order valence-corrected chi connectivity index (χ2v) is 6.27. The molecule has 1 aromatic rings. The fourth-order valence-electron chi connectivity index (χ4n) is 1.98. The Kier molecular flexibility index (Phi) is 4.61. The standard InChI is InChI=1S/C16H25NO2/c1-10(2)12-9-13(11(3)8-14(12)19-7)15(18)17-16(4,5)6/h8-10H,1-7H3,(H,17,18). The fraction of sp³-hybridized carbons (Fsp3) is 0.562. The van der Waals surface area contributed by atoms with Gasteiger partial charge in [0.05, 0.1) is 7.11 Å². The largest absolute Gasteiger partial charge is 0.496 e. The van der Waals surface area contributed by atoms with Gasteiger partial charge in [-0.05, 0) is 56.9 Å².